The van der Waals surface area contributed by atoms with Crippen molar-refractivity contribution < 1.29 is 4.74 Å². The van der Waals surface area contributed by atoms with Crippen molar-refractivity contribution in [2.45, 2.75) is 43.3 Å². The van der Waals surface area contributed by atoms with Crippen LogP contribution in [-0.4, -0.2) is 11.7 Å². The van der Waals surface area contributed by atoms with E-state index in [1.807, 2.05) is 0 Å². The van der Waals surface area contributed by atoms with Crippen molar-refractivity contribution in [1.82, 2.24) is 0 Å². The highest BCUT2D eigenvalue weighted by molar-refractivity contribution is 5.27. The van der Waals surface area contributed by atoms with Crippen LogP contribution in [0.5, 0.6) is 0 Å². The number of ether oxygens (including phenoxy) is 1. The van der Waals surface area contributed by atoms with Crippen LogP contribution in [0.3, 0.4) is 0 Å². The lowest BCUT2D eigenvalue weighted by atomic mass is 9.63. The molecule has 4 aliphatic rings. The summed E-state index contributed by atoms with van der Waals surface area (Å²) in [5, 5.41) is 0. The van der Waals surface area contributed by atoms with E-state index in [0.29, 0.717) is 11.7 Å². The Morgan fingerprint density at radius 2 is 2.07 bits per heavy atom. The molecule has 3 saturated carbocycles. The summed E-state index contributed by atoms with van der Waals surface area (Å²) < 4.78 is 5.91. The van der Waals surface area contributed by atoms with Gasteiger partial charge in [-0.25, -0.2) is 0 Å². The standard InChI is InChI=1S/C14H16O/c1-2-4-10(5-3-1)12-9-14-7-6-11(12)8-13(14)15-14/h1-5,11-13H,6-9H2/t11-,12-,13?,14+/m1/s1. The SMILES string of the molecule is c1ccc([C@H]2C[C@@]34CC[C@@H]2CC3O4)cc1. The molecule has 4 fully saturated rings. The molecule has 78 valence electrons. The van der Waals surface area contributed by atoms with E-state index in [2.05, 4.69) is 30.3 Å². The molecule has 5 rings (SSSR count). The van der Waals surface area contributed by atoms with Crippen molar-refractivity contribution in [2.24, 2.45) is 5.92 Å². The van der Waals surface area contributed by atoms with E-state index in [-0.39, 0.29) is 0 Å². The Morgan fingerprint density at radius 1 is 1.20 bits per heavy atom. The van der Waals surface area contributed by atoms with Crippen LogP contribution in [0.25, 0.3) is 0 Å². The molecule has 3 aliphatic carbocycles. The van der Waals surface area contributed by atoms with Gasteiger partial charge in [-0.3, -0.25) is 0 Å². The fraction of sp³-hybridized carbons (Fsp3) is 0.571. The third kappa shape index (κ3) is 1.07. The molecule has 1 heterocycles. The van der Waals surface area contributed by atoms with Crippen LogP contribution in [0.2, 0.25) is 0 Å². The van der Waals surface area contributed by atoms with Gasteiger partial charge in [0.2, 0.25) is 0 Å². The van der Waals surface area contributed by atoms with Gasteiger partial charge < -0.3 is 4.74 Å². The highest BCUT2D eigenvalue weighted by Crippen LogP contribution is 2.62. The van der Waals surface area contributed by atoms with Crippen molar-refractivity contribution in [3.05, 3.63) is 35.9 Å². The first-order valence-electron chi connectivity index (χ1n) is 6.10. The van der Waals surface area contributed by atoms with Crippen molar-refractivity contribution in [3.63, 3.8) is 0 Å². The summed E-state index contributed by atoms with van der Waals surface area (Å²) in [4.78, 5) is 0. The molecule has 1 aromatic carbocycles. The molecule has 0 aromatic heterocycles. The highest BCUT2D eigenvalue weighted by atomic mass is 16.6. The van der Waals surface area contributed by atoms with Crippen molar-refractivity contribution >= 4 is 0 Å². The van der Waals surface area contributed by atoms with Gasteiger partial charge in [0.05, 0.1) is 11.7 Å². The Kier molecular flexibility index (Phi) is 1.47. The minimum Gasteiger partial charge on any atom is -0.366 e. The molecule has 4 atom stereocenters. The van der Waals surface area contributed by atoms with Crippen molar-refractivity contribution in [3.8, 4) is 0 Å². The van der Waals surface area contributed by atoms with Crippen LogP contribution in [-0.2, 0) is 4.74 Å². The molecule has 15 heavy (non-hydrogen) atoms. The third-order valence-electron chi connectivity index (χ3n) is 4.72. The van der Waals surface area contributed by atoms with E-state index in [0.717, 1.165) is 11.8 Å². The largest absolute Gasteiger partial charge is 0.366 e. The molecule has 0 N–H and O–H groups in total. The summed E-state index contributed by atoms with van der Waals surface area (Å²) in [6, 6.07) is 11.0. The lowest BCUT2D eigenvalue weighted by Gasteiger charge is -2.39. The summed E-state index contributed by atoms with van der Waals surface area (Å²) in [7, 11) is 0. The predicted octanol–water partition coefficient (Wildman–Crippen LogP) is 3.11. The molecular formula is C14H16O. The smallest absolute Gasteiger partial charge is 0.0954 e. The lowest BCUT2D eigenvalue weighted by Crippen LogP contribution is -2.37. The second kappa shape index (κ2) is 2.65. The number of hydrogen-bond acceptors (Lipinski definition) is 1. The first kappa shape index (κ1) is 8.35. The molecule has 2 bridgehead atoms. The zero-order valence-electron chi connectivity index (χ0n) is 8.86. The molecule has 1 aromatic rings. The summed E-state index contributed by atoms with van der Waals surface area (Å²) in [5.41, 5.74) is 1.87. The molecule has 0 amide bonds. The Morgan fingerprint density at radius 3 is 2.80 bits per heavy atom. The molecule has 1 nitrogen and oxygen atoms in total. The van der Waals surface area contributed by atoms with Gasteiger partial charge in [0, 0.05) is 0 Å². The molecule has 1 unspecified atom stereocenters. The van der Waals surface area contributed by atoms with Gasteiger partial charge in [0.1, 0.15) is 0 Å². The van der Waals surface area contributed by atoms with Gasteiger partial charge in [-0.1, -0.05) is 30.3 Å². The van der Waals surface area contributed by atoms with Crippen LogP contribution in [0.4, 0.5) is 0 Å². The second-order valence-electron chi connectivity index (χ2n) is 5.43. The van der Waals surface area contributed by atoms with E-state index in [4.69, 9.17) is 4.74 Å². The Hall–Kier alpha value is -0.820. The maximum atomic E-state index is 5.91. The summed E-state index contributed by atoms with van der Waals surface area (Å²) in [5.74, 6) is 1.67. The van der Waals surface area contributed by atoms with Crippen LogP contribution in [0.15, 0.2) is 30.3 Å². The van der Waals surface area contributed by atoms with Crippen LogP contribution in [0, 0.1) is 5.92 Å². The number of epoxide rings is 1. The van der Waals surface area contributed by atoms with E-state index < -0.39 is 0 Å². The highest BCUT2D eigenvalue weighted by Gasteiger charge is 2.64. The summed E-state index contributed by atoms with van der Waals surface area (Å²) in [6.07, 6.45) is 5.95. The maximum absolute atomic E-state index is 5.91. The quantitative estimate of drug-likeness (QED) is 0.634. The monoisotopic (exact) mass is 200 g/mol. The summed E-state index contributed by atoms with van der Waals surface area (Å²) >= 11 is 0. The predicted molar refractivity (Wildman–Crippen MR) is 58.7 cm³/mol. The average Bonchev–Trinajstić information content (AvgIpc) is 3.03. The lowest BCUT2D eigenvalue weighted by molar-refractivity contribution is 0.173. The van der Waals surface area contributed by atoms with Gasteiger partial charge in [-0.2, -0.15) is 0 Å². The zero-order valence-corrected chi connectivity index (χ0v) is 8.86. The number of fused-ring (bicyclic) bond motifs is 2. The van der Waals surface area contributed by atoms with Gasteiger partial charge >= 0.3 is 0 Å². The maximum Gasteiger partial charge on any atom is 0.0954 e. The minimum absolute atomic E-state index is 0.329. The van der Waals surface area contributed by atoms with Crippen LogP contribution in [0.1, 0.15) is 37.2 Å². The first-order chi connectivity index (χ1) is 7.37. The van der Waals surface area contributed by atoms with Gasteiger partial charge in [-0.05, 0) is 43.1 Å². The normalized spacial score (nSPS) is 46.3. The number of benzene rings is 1. The Labute approximate surface area is 90.4 Å². The van der Waals surface area contributed by atoms with Gasteiger partial charge in [0.25, 0.3) is 0 Å². The molecule has 1 spiro atoms. The van der Waals surface area contributed by atoms with Gasteiger partial charge in [-0.15, -0.1) is 0 Å². The van der Waals surface area contributed by atoms with E-state index in [1.165, 1.54) is 31.2 Å². The van der Waals surface area contributed by atoms with E-state index >= 15 is 0 Å². The molecular weight excluding hydrogens is 184 g/mol. The fourth-order valence-electron chi connectivity index (χ4n) is 3.83. The molecule has 1 saturated heterocycles. The average molecular weight is 200 g/mol. The number of hydrogen-bond donors (Lipinski definition) is 0. The van der Waals surface area contributed by atoms with E-state index in [1.54, 1.807) is 0 Å². The second-order valence-corrected chi connectivity index (χ2v) is 5.43. The molecule has 0 radical (unpaired) electrons. The van der Waals surface area contributed by atoms with Crippen LogP contribution < -0.4 is 0 Å². The Bertz CT molecular complexity index is 386. The summed E-state index contributed by atoms with van der Waals surface area (Å²) in [6.45, 7) is 0. The fourth-order valence-corrected chi connectivity index (χ4v) is 3.83. The topological polar surface area (TPSA) is 12.5 Å². The molecule has 1 heteroatoms. The third-order valence-corrected chi connectivity index (χ3v) is 4.72. The Balaban J connectivity index is 1.69. The van der Waals surface area contributed by atoms with Crippen molar-refractivity contribution in [1.29, 1.82) is 0 Å². The van der Waals surface area contributed by atoms with Crippen LogP contribution >= 0.6 is 0 Å². The minimum atomic E-state index is 0.329. The zero-order chi connectivity index (χ0) is 9.88. The first-order valence-corrected chi connectivity index (χ1v) is 6.10. The van der Waals surface area contributed by atoms with Crippen molar-refractivity contribution in [2.75, 3.05) is 0 Å². The number of rotatable bonds is 1. The van der Waals surface area contributed by atoms with E-state index in [9.17, 15) is 0 Å². The van der Waals surface area contributed by atoms with Gasteiger partial charge in [0.15, 0.2) is 0 Å². The molecule has 1 aliphatic heterocycles.